The molecule has 1 fully saturated rings. The molecule has 6 heteroatoms. The van der Waals surface area contributed by atoms with Crippen LogP contribution in [0.3, 0.4) is 0 Å². The molecule has 0 spiro atoms. The molecule has 1 aliphatic rings. The van der Waals surface area contributed by atoms with E-state index >= 15 is 0 Å². The average Bonchev–Trinajstić information content (AvgIpc) is 3.59. The van der Waals surface area contributed by atoms with Gasteiger partial charge in [0.05, 0.1) is 9.89 Å². The van der Waals surface area contributed by atoms with Gasteiger partial charge in [0.2, 0.25) is 5.91 Å². The molecule has 2 N–H and O–H groups in total. The van der Waals surface area contributed by atoms with Gasteiger partial charge >= 0.3 is 5.97 Å². The lowest BCUT2D eigenvalue weighted by atomic mass is 9.94. The number of aliphatic carboxylic acids is 1. The fourth-order valence-electron chi connectivity index (χ4n) is 3.49. The summed E-state index contributed by atoms with van der Waals surface area (Å²) in [5.74, 6) is -0.179. The van der Waals surface area contributed by atoms with E-state index in [4.69, 9.17) is 4.74 Å². The van der Waals surface area contributed by atoms with Crippen molar-refractivity contribution in [3.05, 3.63) is 99.7 Å². The first-order valence-electron chi connectivity index (χ1n) is 10.2. The van der Waals surface area contributed by atoms with Crippen LogP contribution >= 0.6 is 15.9 Å². The van der Waals surface area contributed by atoms with Crippen LogP contribution in [0.4, 0.5) is 0 Å². The number of nitrogens with one attached hydrogen (secondary N) is 1. The molecule has 5 nitrogen and oxygen atoms in total. The van der Waals surface area contributed by atoms with Crippen LogP contribution in [0.2, 0.25) is 0 Å². The number of ether oxygens (including phenoxy) is 1. The average molecular weight is 492 g/mol. The third-order valence-electron chi connectivity index (χ3n) is 5.52. The monoisotopic (exact) mass is 491 g/mol. The second kappa shape index (κ2) is 9.01. The summed E-state index contributed by atoms with van der Waals surface area (Å²) < 4.78 is 6.67. The smallest absolute Gasteiger partial charge is 0.352 e. The molecule has 0 heterocycles. The Hall–Kier alpha value is -3.38. The summed E-state index contributed by atoms with van der Waals surface area (Å²) in [7, 11) is 0. The van der Waals surface area contributed by atoms with Crippen molar-refractivity contribution in [3.63, 3.8) is 0 Å². The predicted octanol–water partition coefficient (Wildman–Crippen LogP) is 5.82. The fraction of sp³-hybridized carbons (Fsp3) is 0.154. The fourth-order valence-corrected chi connectivity index (χ4v) is 3.86. The number of carbonyl (C=O) groups is 2. The zero-order valence-corrected chi connectivity index (χ0v) is 19.1. The van der Waals surface area contributed by atoms with E-state index in [1.165, 1.54) is 6.08 Å². The molecule has 3 aromatic carbocycles. The molecule has 0 saturated heterocycles. The number of para-hydroxylation sites is 1. The van der Waals surface area contributed by atoms with Crippen molar-refractivity contribution in [2.24, 2.45) is 0 Å². The summed E-state index contributed by atoms with van der Waals surface area (Å²) in [6.07, 6.45) is 2.86. The van der Waals surface area contributed by atoms with Crippen LogP contribution in [0.15, 0.2) is 83.0 Å². The summed E-state index contributed by atoms with van der Waals surface area (Å²) in [6.45, 7) is 1.99. The first-order valence-corrected chi connectivity index (χ1v) is 11.0. The number of carboxylic acid groups (broad SMARTS) is 1. The first kappa shape index (κ1) is 21.8. The zero-order valence-electron chi connectivity index (χ0n) is 17.5. The third kappa shape index (κ3) is 4.75. The lowest BCUT2D eigenvalue weighted by molar-refractivity contribution is -0.134. The number of halogens is 1. The predicted molar refractivity (Wildman–Crippen MR) is 127 cm³/mol. The topological polar surface area (TPSA) is 75.6 Å². The van der Waals surface area contributed by atoms with Gasteiger partial charge in [0.25, 0.3) is 0 Å². The van der Waals surface area contributed by atoms with Crippen LogP contribution in [-0.4, -0.2) is 17.0 Å². The Bertz CT molecular complexity index is 1180. The standard InChI is InChI=1S/C26H22BrNO4/c1-17-6-10-19(11-7-17)26(14-15-26)25(31)28-22(24(29)30)16-18-8-12-20(13-9-18)32-23-5-3-2-4-21(23)27/h2-13,16H,14-15H2,1H3,(H,28,31)(H,29,30). The summed E-state index contributed by atoms with van der Waals surface area (Å²) >= 11 is 3.44. The van der Waals surface area contributed by atoms with E-state index in [1.807, 2.05) is 55.5 Å². The summed E-state index contributed by atoms with van der Waals surface area (Å²) in [6, 6.07) is 22.3. The number of aryl methyl sites for hydroxylation is 1. The van der Waals surface area contributed by atoms with E-state index in [9.17, 15) is 14.7 Å². The van der Waals surface area contributed by atoms with Gasteiger partial charge in [0.15, 0.2) is 0 Å². The molecule has 4 rings (SSSR count). The number of rotatable bonds is 7. The Morgan fingerprint density at radius 2 is 1.66 bits per heavy atom. The van der Waals surface area contributed by atoms with Crippen molar-refractivity contribution in [2.45, 2.75) is 25.2 Å². The second-order valence-corrected chi connectivity index (χ2v) is 8.72. The molecule has 1 aliphatic carbocycles. The van der Waals surface area contributed by atoms with Crippen molar-refractivity contribution >= 4 is 33.9 Å². The Morgan fingerprint density at radius 3 is 2.25 bits per heavy atom. The van der Waals surface area contributed by atoms with Crippen molar-refractivity contribution in [3.8, 4) is 11.5 Å². The van der Waals surface area contributed by atoms with Crippen LogP contribution in [-0.2, 0) is 15.0 Å². The van der Waals surface area contributed by atoms with Crippen LogP contribution in [0.1, 0.15) is 29.5 Å². The zero-order chi connectivity index (χ0) is 22.7. The maximum Gasteiger partial charge on any atom is 0.352 e. The van der Waals surface area contributed by atoms with Crippen LogP contribution < -0.4 is 10.1 Å². The highest BCUT2D eigenvalue weighted by atomic mass is 79.9. The molecule has 162 valence electrons. The molecular weight excluding hydrogens is 470 g/mol. The Labute approximate surface area is 194 Å². The van der Waals surface area contributed by atoms with Gasteiger partial charge in [-0.2, -0.15) is 0 Å². The maximum atomic E-state index is 13.0. The minimum absolute atomic E-state index is 0.159. The molecule has 0 bridgehead atoms. The van der Waals surface area contributed by atoms with E-state index in [0.717, 1.165) is 15.6 Å². The summed E-state index contributed by atoms with van der Waals surface area (Å²) in [5.41, 5.74) is 1.86. The van der Waals surface area contributed by atoms with Gasteiger partial charge in [-0.15, -0.1) is 0 Å². The van der Waals surface area contributed by atoms with Gasteiger partial charge in [0.1, 0.15) is 17.2 Å². The Balaban J connectivity index is 1.49. The van der Waals surface area contributed by atoms with Gasteiger partial charge in [-0.1, -0.05) is 54.1 Å². The van der Waals surface area contributed by atoms with Crippen molar-refractivity contribution in [1.29, 1.82) is 0 Å². The second-order valence-electron chi connectivity index (χ2n) is 7.87. The summed E-state index contributed by atoms with van der Waals surface area (Å²) in [5, 5.41) is 12.3. The normalized spacial score (nSPS) is 14.5. The SMILES string of the molecule is Cc1ccc(C2(C(=O)NC(=Cc3ccc(Oc4ccccc4Br)cc3)C(=O)O)CC2)cc1. The number of benzene rings is 3. The quantitative estimate of drug-likeness (QED) is 0.408. The van der Waals surface area contributed by atoms with Gasteiger partial charge in [-0.25, -0.2) is 4.79 Å². The van der Waals surface area contributed by atoms with Gasteiger partial charge in [-0.05, 0) is 77.2 Å². The number of hydrogen-bond acceptors (Lipinski definition) is 3. The van der Waals surface area contributed by atoms with Gasteiger partial charge in [-0.3, -0.25) is 4.79 Å². The van der Waals surface area contributed by atoms with Crippen LogP contribution in [0.5, 0.6) is 11.5 Å². The lowest BCUT2D eigenvalue weighted by Crippen LogP contribution is -2.36. The van der Waals surface area contributed by atoms with E-state index in [0.29, 0.717) is 29.9 Å². The highest BCUT2D eigenvalue weighted by Crippen LogP contribution is 2.48. The Morgan fingerprint density at radius 1 is 1.00 bits per heavy atom. The van der Waals surface area contributed by atoms with E-state index < -0.39 is 11.4 Å². The first-order chi connectivity index (χ1) is 15.4. The molecule has 0 atom stereocenters. The van der Waals surface area contributed by atoms with E-state index in [2.05, 4.69) is 21.2 Å². The lowest BCUT2D eigenvalue weighted by Gasteiger charge is -2.16. The molecule has 1 saturated carbocycles. The molecule has 1 amide bonds. The minimum atomic E-state index is -1.19. The molecule has 32 heavy (non-hydrogen) atoms. The number of amides is 1. The number of carbonyl (C=O) groups excluding carboxylic acids is 1. The number of carboxylic acids is 1. The van der Waals surface area contributed by atoms with Crippen LogP contribution in [0.25, 0.3) is 6.08 Å². The maximum absolute atomic E-state index is 13.0. The van der Waals surface area contributed by atoms with Crippen LogP contribution in [0, 0.1) is 6.92 Å². The molecule has 0 radical (unpaired) electrons. The van der Waals surface area contributed by atoms with E-state index in [1.54, 1.807) is 24.3 Å². The molecule has 3 aromatic rings. The highest BCUT2D eigenvalue weighted by molar-refractivity contribution is 9.10. The van der Waals surface area contributed by atoms with Crippen molar-refractivity contribution < 1.29 is 19.4 Å². The van der Waals surface area contributed by atoms with Gasteiger partial charge in [0, 0.05) is 0 Å². The minimum Gasteiger partial charge on any atom is -0.477 e. The van der Waals surface area contributed by atoms with Crippen molar-refractivity contribution in [2.75, 3.05) is 0 Å². The highest BCUT2D eigenvalue weighted by Gasteiger charge is 2.51. The third-order valence-corrected chi connectivity index (χ3v) is 6.18. The largest absolute Gasteiger partial charge is 0.477 e. The molecule has 0 aliphatic heterocycles. The van der Waals surface area contributed by atoms with E-state index in [-0.39, 0.29) is 11.6 Å². The number of hydrogen-bond donors (Lipinski definition) is 2. The van der Waals surface area contributed by atoms with Crippen molar-refractivity contribution in [1.82, 2.24) is 5.32 Å². The molecule has 0 aromatic heterocycles. The molecular formula is C26H22BrNO4. The summed E-state index contributed by atoms with van der Waals surface area (Å²) in [4.78, 5) is 24.8. The Kier molecular flexibility index (Phi) is 6.15. The van der Waals surface area contributed by atoms with Gasteiger partial charge < -0.3 is 15.2 Å². The molecule has 0 unspecified atom stereocenters.